The smallest absolute Gasteiger partial charge is 0.321 e. The fourth-order valence-electron chi connectivity index (χ4n) is 2.36. The van der Waals surface area contributed by atoms with Crippen molar-refractivity contribution in [1.29, 1.82) is 0 Å². The highest BCUT2D eigenvalue weighted by molar-refractivity contribution is 6.33. The summed E-state index contributed by atoms with van der Waals surface area (Å²) in [6.07, 6.45) is 3.70. The summed E-state index contributed by atoms with van der Waals surface area (Å²) in [5.41, 5.74) is 0.654. The zero-order valence-corrected chi connectivity index (χ0v) is 12.1. The van der Waals surface area contributed by atoms with E-state index in [9.17, 15) is 4.79 Å². The van der Waals surface area contributed by atoms with Crippen molar-refractivity contribution in [3.8, 4) is 0 Å². The first-order valence-electron chi connectivity index (χ1n) is 7.14. The molecular weight excluding hydrogens is 276 g/mol. The van der Waals surface area contributed by atoms with E-state index in [0.717, 1.165) is 25.5 Å². The Morgan fingerprint density at radius 1 is 1.35 bits per heavy atom. The zero-order chi connectivity index (χ0) is 13.9. The van der Waals surface area contributed by atoms with Gasteiger partial charge in [-0.1, -0.05) is 23.7 Å². The largest absolute Gasteiger partial charge is 0.376 e. The van der Waals surface area contributed by atoms with Crippen molar-refractivity contribution in [2.75, 3.05) is 25.0 Å². The standard InChI is InChI=1S/C15H19ClN2O2/c16-13-3-1-2-4-14(13)17-15(19)18-8-7-12(9-18)20-10-11-5-6-11/h1-4,11-12H,5-10H2,(H,17,19). The van der Waals surface area contributed by atoms with Crippen LogP contribution in [-0.2, 0) is 4.74 Å². The molecule has 1 aromatic rings. The number of carbonyl (C=O) groups is 1. The molecule has 1 unspecified atom stereocenters. The van der Waals surface area contributed by atoms with Crippen molar-refractivity contribution < 1.29 is 9.53 Å². The Hall–Kier alpha value is -1.26. The van der Waals surface area contributed by atoms with Gasteiger partial charge in [0, 0.05) is 19.7 Å². The van der Waals surface area contributed by atoms with Crippen LogP contribution in [0.5, 0.6) is 0 Å². The molecular formula is C15H19ClN2O2. The molecule has 1 atom stereocenters. The Morgan fingerprint density at radius 2 is 2.15 bits per heavy atom. The number of ether oxygens (including phenoxy) is 1. The van der Waals surface area contributed by atoms with Gasteiger partial charge in [0.2, 0.25) is 0 Å². The first-order valence-corrected chi connectivity index (χ1v) is 7.52. The summed E-state index contributed by atoms with van der Waals surface area (Å²) >= 11 is 6.04. The molecule has 0 spiro atoms. The fourth-order valence-corrected chi connectivity index (χ4v) is 2.55. The van der Waals surface area contributed by atoms with E-state index in [1.807, 2.05) is 12.1 Å². The van der Waals surface area contributed by atoms with Gasteiger partial charge in [-0.05, 0) is 37.3 Å². The molecule has 2 amide bonds. The third-order valence-electron chi connectivity index (χ3n) is 3.81. The van der Waals surface area contributed by atoms with E-state index >= 15 is 0 Å². The van der Waals surface area contributed by atoms with Gasteiger partial charge in [-0.3, -0.25) is 0 Å². The highest BCUT2D eigenvalue weighted by Gasteiger charge is 2.29. The minimum Gasteiger partial charge on any atom is -0.376 e. The van der Waals surface area contributed by atoms with Gasteiger partial charge >= 0.3 is 6.03 Å². The highest BCUT2D eigenvalue weighted by atomic mass is 35.5. The third kappa shape index (κ3) is 3.44. The van der Waals surface area contributed by atoms with Gasteiger partial charge in [0.05, 0.1) is 16.8 Å². The van der Waals surface area contributed by atoms with Crippen molar-refractivity contribution in [3.63, 3.8) is 0 Å². The summed E-state index contributed by atoms with van der Waals surface area (Å²) in [5.74, 6) is 0.765. The Labute approximate surface area is 124 Å². The van der Waals surface area contributed by atoms with Crippen molar-refractivity contribution >= 4 is 23.3 Å². The van der Waals surface area contributed by atoms with Crippen molar-refractivity contribution in [3.05, 3.63) is 29.3 Å². The van der Waals surface area contributed by atoms with E-state index in [0.29, 0.717) is 17.3 Å². The number of nitrogens with zero attached hydrogens (tertiary/aromatic N) is 1. The van der Waals surface area contributed by atoms with E-state index in [1.54, 1.807) is 17.0 Å². The van der Waals surface area contributed by atoms with E-state index in [1.165, 1.54) is 12.8 Å². The van der Waals surface area contributed by atoms with Gasteiger partial charge in [0.1, 0.15) is 0 Å². The lowest BCUT2D eigenvalue weighted by Crippen LogP contribution is -2.34. The number of benzene rings is 1. The summed E-state index contributed by atoms with van der Waals surface area (Å²) in [5, 5.41) is 3.41. The molecule has 0 radical (unpaired) electrons. The number of carbonyl (C=O) groups excluding carboxylic acids is 1. The van der Waals surface area contributed by atoms with E-state index in [-0.39, 0.29) is 12.1 Å². The molecule has 1 saturated carbocycles. The Bertz CT molecular complexity index is 491. The summed E-state index contributed by atoms with van der Waals surface area (Å²) < 4.78 is 5.83. The second kappa shape index (κ2) is 6.02. The molecule has 1 heterocycles. The molecule has 5 heteroatoms. The van der Waals surface area contributed by atoms with Crippen LogP contribution in [0.2, 0.25) is 5.02 Å². The van der Waals surface area contributed by atoms with E-state index in [2.05, 4.69) is 5.32 Å². The lowest BCUT2D eigenvalue weighted by atomic mass is 10.3. The predicted octanol–water partition coefficient (Wildman–Crippen LogP) is 3.37. The summed E-state index contributed by atoms with van der Waals surface area (Å²) in [4.78, 5) is 14.0. The lowest BCUT2D eigenvalue weighted by molar-refractivity contribution is 0.0543. The number of para-hydroxylation sites is 1. The predicted molar refractivity (Wildman–Crippen MR) is 79.1 cm³/mol. The fraction of sp³-hybridized carbons (Fsp3) is 0.533. The normalized spacial score (nSPS) is 22.1. The quantitative estimate of drug-likeness (QED) is 0.925. The molecule has 1 N–H and O–H groups in total. The Kier molecular flexibility index (Phi) is 4.13. The molecule has 1 aliphatic carbocycles. The molecule has 2 aliphatic rings. The average molecular weight is 295 g/mol. The number of likely N-dealkylation sites (tertiary alicyclic amines) is 1. The van der Waals surface area contributed by atoms with Crippen LogP contribution in [0.4, 0.5) is 10.5 Å². The van der Waals surface area contributed by atoms with Crippen molar-refractivity contribution in [2.45, 2.75) is 25.4 Å². The maximum atomic E-state index is 12.2. The van der Waals surface area contributed by atoms with Crippen LogP contribution in [0.15, 0.2) is 24.3 Å². The van der Waals surface area contributed by atoms with Gasteiger partial charge in [0.25, 0.3) is 0 Å². The highest BCUT2D eigenvalue weighted by Crippen LogP contribution is 2.30. The molecule has 2 fully saturated rings. The van der Waals surface area contributed by atoms with Crippen LogP contribution in [0.25, 0.3) is 0 Å². The van der Waals surface area contributed by atoms with E-state index < -0.39 is 0 Å². The number of amides is 2. The van der Waals surface area contributed by atoms with E-state index in [4.69, 9.17) is 16.3 Å². The first kappa shape index (κ1) is 13.7. The maximum Gasteiger partial charge on any atom is 0.321 e. The third-order valence-corrected chi connectivity index (χ3v) is 4.14. The van der Waals surface area contributed by atoms with Crippen LogP contribution in [0.1, 0.15) is 19.3 Å². The molecule has 108 valence electrons. The summed E-state index contributed by atoms with van der Waals surface area (Å²) in [7, 11) is 0. The number of urea groups is 1. The van der Waals surface area contributed by atoms with Crippen LogP contribution in [-0.4, -0.2) is 36.7 Å². The average Bonchev–Trinajstić information content (AvgIpc) is 3.15. The number of nitrogens with one attached hydrogen (secondary N) is 1. The van der Waals surface area contributed by atoms with Crippen molar-refractivity contribution in [2.24, 2.45) is 5.92 Å². The second-order valence-corrected chi connectivity index (χ2v) is 5.95. The van der Waals surface area contributed by atoms with Crippen LogP contribution in [0, 0.1) is 5.92 Å². The molecule has 1 saturated heterocycles. The molecule has 4 nitrogen and oxygen atoms in total. The molecule has 0 aromatic heterocycles. The summed E-state index contributed by atoms with van der Waals surface area (Å²) in [6.45, 7) is 2.26. The minimum absolute atomic E-state index is 0.101. The Balaban J connectivity index is 1.49. The molecule has 0 bridgehead atoms. The molecule has 3 rings (SSSR count). The van der Waals surface area contributed by atoms with Crippen molar-refractivity contribution in [1.82, 2.24) is 4.90 Å². The first-order chi connectivity index (χ1) is 9.72. The number of rotatable bonds is 4. The monoisotopic (exact) mass is 294 g/mol. The molecule has 20 heavy (non-hydrogen) atoms. The maximum absolute atomic E-state index is 12.2. The van der Waals surface area contributed by atoms with Crippen LogP contribution >= 0.6 is 11.6 Å². The minimum atomic E-state index is -0.101. The topological polar surface area (TPSA) is 41.6 Å². The number of hydrogen-bond acceptors (Lipinski definition) is 2. The van der Waals surface area contributed by atoms with Gasteiger partial charge in [-0.25, -0.2) is 4.79 Å². The lowest BCUT2D eigenvalue weighted by Gasteiger charge is -2.18. The SMILES string of the molecule is O=C(Nc1ccccc1Cl)N1CCC(OCC2CC2)C1. The van der Waals surface area contributed by atoms with Gasteiger partial charge in [-0.2, -0.15) is 0 Å². The number of hydrogen-bond donors (Lipinski definition) is 1. The zero-order valence-electron chi connectivity index (χ0n) is 11.3. The van der Waals surface area contributed by atoms with Gasteiger partial charge < -0.3 is 15.0 Å². The van der Waals surface area contributed by atoms with Gasteiger partial charge in [0.15, 0.2) is 0 Å². The second-order valence-electron chi connectivity index (χ2n) is 5.54. The summed E-state index contributed by atoms with van der Waals surface area (Å²) in [6, 6.07) is 7.17. The van der Waals surface area contributed by atoms with Crippen LogP contribution < -0.4 is 5.32 Å². The van der Waals surface area contributed by atoms with Gasteiger partial charge in [-0.15, -0.1) is 0 Å². The van der Waals surface area contributed by atoms with Crippen LogP contribution in [0.3, 0.4) is 0 Å². The molecule has 1 aromatic carbocycles. The number of halogens is 1. The Morgan fingerprint density at radius 3 is 2.90 bits per heavy atom. The number of anilines is 1. The molecule has 1 aliphatic heterocycles.